The number of anilines is 1. The monoisotopic (exact) mass is 685 g/mol. The highest BCUT2D eigenvalue weighted by Gasteiger charge is 2.28. The van der Waals surface area contributed by atoms with Crippen LogP contribution < -0.4 is 5.32 Å². The van der Waals surface area contributed by atoms with Crippen LogP contribution in [0.4, 0.5) is 5.69 Å². The maximum Gasteiger partial charge on any atom is 0.337 e. The minimum absolute atomic E-state index is 0.0998. The molecule has 0 atom stereocenters. The lowest BCUT2D eigenvalue weighted by atomic mass is 10.1. The third kappa shape index (κ3) is 6.19. The molecule has 9 heteroatoms. The standard InChI is InChI=1S/C16H18I3NO5/c1-2-3-4-5-6-7-8(21)20-14-12(18)9(15(22)23)11(17)10(13(14)19)16(24)25/h2-7H2,1H3,(H,20,21)(H,22,23)(H,24,25). The van der Waals surface area contributed by atoms with Crippen LogP contribution >= 0.6 is 67.8 Å². The Balaban J connectivity index is 3.08. The Labute approximate surface area is 186 Å². The van der Waals surface area contributed by atoms with E-state index in [2.05, 4.69) is 12.2 Å². The molecule has 1 rings (SSSR count). The van der Waals surface area contributed by atoms with Crippen molar-refractivity contribution < 1.29 is 24.6 Å². The van der Waals surface area contributed by atoms with Gasteiger partial charge in [-0.2, -0.15) is 0 Å². The van der Waals surface area contributed by atoms with Crippen LogP contribution in [0.15, 0.2) is 0 Å². The van der Waals surface area contributed by atoms with Crippen LogP contribution in [0.3, 0.4) is 0 Å². The van der Waals surface area contributed by atoms with E-state index in [0.717, 1.165) is 32.1 Å². The number of benzene rings is 1. The molecule has 0 aliphatic rings. The fourth-order valence-corrected chi connectivity index (χ4v) is 6.60. The van der Waals surface area contributed by atoms with Crippen LogP contribution in [0.25, 0.3) is 0 Å². The zero-order valence-corrected chi connectivity index (χ0v) is 20.0. The molecule has 3 N–H and O–H groups in total. The summed E-state index contributed by atoms with van der Waals surface area (Å²) in [4.78, 5) is 35.2. The SMILES string of the molecule is CCCCCCCC(=O)Nc1c(I)c(C(=O)O)c(I)c(C(=O)O)c1I. The molecule has 25 heavy (non-hydrogen) atoms. The van der Waals surface area contributed by atoms with Crippen molar-refractivity contribution in [1.29, 1.82) is 0 Å². The van der Waals surface area contributed by atoms with Gasteiger partial charge in [0.1, 0.15) is 0 Å². The molecule has 138 valence electrons. The van der Waals surface area contributed by atoms with Gasteiger partial charge in [-0.3, -0.25) is 4.79 Å². The van der Waals surface area contributed by atoms with Crippen molar-refractivity contribution in [2.75, 3.05) is 5.32 Å². The van der Waals surface area contributed by atoms with Gasteiger partial charge in [-0.05, 0) is 74.2 Å². The summed E-state index contributed by atoms with van der Waals surface area (Å²) in [5.41, 5.74) is 0.0597. The summed E-state index contributed by atoms with van der Waals surface area (Å²) in [6.45, 7) is 2.12. The minimum Gasteiger partial charge on any atom is -0.478 e. The highest BCUT2D eigenvalue weighted by Crippen LogP contribution is 2.35. The molecule has 0 bridgehead atoms. The fourth-order valence-electron chi connectivity index (χ4n) is 2.24. The number of carbonyl (C=O) groups is 3. The molecule has 0 heterocycles. The molecule has 0 radical (unpaired) electrons. The Hall–Kier alpha value is -0.180. The molecular formula is C16H18I3NO5. The predicted molar refractivity (Wildman–Crippen MR) is 121 cm³/mol. The summed E-state index contributed by atoms with van der Waals surface area (Å²) in [6.07, 6.45) is 5.38. The van der Waals surface area contributed by atoms with Crippen LogP contribution in [0, 0.1) is 10.7 Å². The number of hydrogen-bond donors (Lipinski definition) is 3. The first-order chi connectivity index (χ1) is 11.7. The molecule has 1 aromatic rings. The van der Waals surface area contributed by atoms with Gasteiger partial charge in [-0.1, -0.05) is 32.6 Å². The van der Waals surface area contributed by atoms with E-state index in [4.69, 9.17) is 0 Å². The Kier molecular flexibility index (Phi) is 9.92. The van der Waals surface area contributed by atoms with E-state index in [0.29, 0.717) is 13.6 Å². The molecule has 0 aliphatic carbocycles. The maximum atomic E-state index is 12.2. The van der Waals surface area contributed by atoms with Crippen LogP contribution in [0.5, 0.6) is 0 Å². The average Bonchev–Trinajstić information content (AvgIpc) is 2.50. The Morgan fingerprint density at radius 3 is 1.76 bits per heavy atom. The normalized spacial score (nSPS) is 10.6. The number of unbranched alkanes of at least 4 members (excludes halogenated alkanes) is 4. The smallest absolute Gasteiger partial charge is 0.337 e. The van der Waals surface area contributed by atoms with Crippen molar-refractivity contribution in [3.05, 3.63) is 21.8 Å². The van der Waals surface area contributed by atoms with Crippen molar-refractivity contribution >= 4 is 91.3 Å². The lowest BCUT2D eigenvalue weighted by Gasteiger charge is -2.16. The van der Waals surface area contributed by atoms with Crippen LogP contribution in [-0.4, -0.2) is 28.1 Å². The fraction of sp³-hybridized carbons (Fsp3) is 0.438. The maximum absolute atomic E-state index is 12.2. The largest absolute Gasteiger partial charge is 0.478 e. The van der Waals surface area contributed by atoms with E-state index in [1.165, 1.54) is 0 Å². The van der Waals surface area contributed by atoms with E-state index < -0.39 is 11.9 Å². The molecule has 0 saturated carbocycles. The van der Waals surface area contributed by atoms with Crippen LogP contribution in [0.2, 0.25) is 0 Å². The summed E-state index contributed by atoms with van der Waals surface area (Å²) in [7, 11) is 0. The van der Waals surface area contributed by atoms with Gasteiger partial charge in [-0.25, -0.2) is 9.59 Å². The van der Waals surface area contributed by atoms with Gasteiger partial charge >= 0.3 is 11.9 Å². The molecule has 1 amide bonds. The number of halogens is 3. The number of hydrogen-bond acceptors (Lipinski definition) is 3. The van der Waals surface area contributed by atoms with Gasteiger partial charge in [0.05, 0.1) is 24.0 Å². The molecule has 6 nitrogen and oxygen atoms in total. The molecular weight excluding hydrogens is 667 g/mol. The lowest BCUT2D eigenvalue weighted by Crippen LogP contribution is -2.19. The van der Waals surface area contributed by atoms with Gasteiger partial charge in [0, 0.05) is 9.99 Å². The first-order valence-corrected chi connectivity index (χ1v) is 10.9. The van der Waals surface area contributed by atoms with Crippen molar-refractivity contribution in [2.45, 2.75) is 45.4 Å². The predicted octanol–water partition coefficient (Wildman–Crippen LogP) is 5.20. The topological polar surface area (TPSA) is 104 Å². The van der Waals surface area contributed by atoms with E-state index in [1.807, 2.05) is 45.2 Å². The zero-order valence-electron chi connectivity index (χ0n) is 13.5. The first kappa shape index (κ1) is 22.9. The first-order valence-electron chi connectivity index (χ1n) is 7.69. The van der Waals surface area contributed by atoms with Crippen LogP contribution in [-0.2, 0) is 4.79 Å². The molecule has 0 saturated heterocycles. The molecule has 0 aliphatic heterocycles. The highest BCUT2D eigenvalue weighted by molar-refractivity contribution is 14.1. The van der Waals surface area contributed by atoms with Gasteiger partial charge in [0.2, 0.25) is 5.91 Å². The van der Waals surface area contributed by atoms with E-state index >= 15 is 0 Å². The Morgan fingerprint density at radius 1 is 0.840 bits per heavy atom. The van der Waals surface area contributed by atoms with Crippen LogP contribution in [0.1, 0.15) is 66.2 Å². The molecule has 0 aromatic heterocycles. The van der Waals surface area contributed by atoms with E-state index in [1.54, 1.807) is 22.6 Å². The second kappa shape index (κ2) is 10.8. The Bertz CT molecular complexity index is 650. The quantitative estimate of drug-likeness (QED) is 0.245. The summed E-state index contributed by atoms with van der Waals surface area (Å²) in [6, 6.07) is 0. The number of rotatable bonds is 9. The van der Waals surface area contributed by atoms with Crippen molar-refractivity contribution in [3.8, 4) is 0 Å². The molecule has 0 fully saturated rings. The zero-order chi connectivity index (χ0) is 19.1. The summed E-state index contributed by atoms with van der Waals surface area (Å²) in [5, 5.41) is 21.5. The van der Waals surface area contributed by atoms with Gasteiger partial charge in [-0.15, -0.1) is 0 Å². The van der Waals surface area contributed by atoms with Gasteiger partial charge < -0.3 is 15.5 Å². The molecule has 0 spiro atoms. The third-order valence-corrected chi connectivity index (χ3v) is 6.75. The molecule has 0 unspecified atom stereocenters. The number of carboxylic acids is 2. The number of aromatic carboxylic acids is 2. The number of carbonyl (C=O) groups excluding carboxylic acids is 1. The highest BCUT2D eigenvalue weighted by atomic mass is 127. The third-order valence-electron chi connectivity index (χ3n) is 3.52. The second-order valence-electron chi connectivity index (χ2n) is 5.39. The average molecular weight is 685 g/mol. The Morgan fingerprint density at radius 2 is 1.32 bits per heavy atom. The summed E-state index contributed by atoms with van der Waals surface area (Å²) < 4.78 is 0.829. The molecule has 1 aromatic carbocycles. The number of carboxylic acid groups (broad SMARTS) is 2. The van der Waals surface area contributed by atoms with E-state index in [-0.39, 0.29) is 26.3 Å². The lowest BCUT2D eigenvalue weighted by molar-refractivity contribution is -0.116. The minimum atomic E-state index is -1.22. The van der Waals surface area contributed by atoms with Gasteiger partial charge in [0.15, 0.2) is 0 Å². The van der Waals surface area contributed by atoms with Crippen molar-refractivity contribution in [2.24, 2.45) is 0 Å². The number of amides is 1. The number of nitrogens with one attached hydrogen (secondary N) is 1. The van der Waals surface area contributed by atoms with E-state index in [9.17, 15) is 24.6 Å². The summed E-state index contributed by atoms with van der Waals surface area (Å²) in [5.74, 6) is -2.67. The van der Waals surface area contributed by atoms with Gasteiger partial charge in [0.25, 0.3) is 0 Å². The second-order valence-corrected chi connectivity index (χ2v) is 8.63. The summed E-state index contributed by atoms with van der Waals surface area (Å²) >= 11 is 5.40. The van der Waals surface area contributed by atoms with Crippen molar-refractivity contribution in [1.82, 2.24) is 0 Å². The van der Waals surface area contributed by atoms with Crippen molar-refractivity contribution in [3.63, 3.8) is 0 Å².